The van der Waals surface area contributed by atoms with Gasteiger partial charge in [-0.2, -0.15) is 0 Å². The molecule has 0 radical (unpaired) electrons. The third-order valence-electron chi connectivity index (χ3n) is 5.18. The van der Waals surface area contributed by atoms with Crippen molar-refractivity contribution in [1.82, 2.24) is 4.98 Å². The summed E-state index contributed by atoms with van der Waals surface area (Å²) in [6.07, 6.45) is 0. The van der Waals surface area contributed by atoms with E-state index >= 15 is 0 Å². The Morgan fingerprint density at radius 3 is 1.91 bits per heavy atom. The van der Waals surface area contributed by atoms with Crippen molar-refractivity contribution in [1.29, 1.82) is 0 Å². The highest BCUT2D eigenvalue weighted by molar-refractivity contribution is 7.20. The molecule has 3 aromatic carbocycles. The third kappa shape index (κ3) is 4.26. The second-order valence-electron chi connectivity index (χ2n) is 7.28. The molecule has 1 N–H and O–H groups in total. The second kappa shape index (κ2) is 9.30. The van der Waals surface area contributed by atoms with E-state index in [-0.39, 0.29) is 5.91 Å². The van der Waals surface area contributed by atoms with Gasteiger partial charge in [-0.1, -0.05) is 108 Å². The van der Waals surface area contributed by atoms with Crippen LogP contribution < -0.4 is 5.32 Å². The number of thiophene rings is 1. The molecule has 5 aromatic rings. The van der Waals surface area contributed by atoms with E-state index < -0.39 is 5.92 Å². The Morgan fingerprint density at radius 2 is 1.34 bits per heavy atom. The molecule has 5 heteroatoms. The maximum atomic E-state index is 13.5. The van der Waals surface area contributed by atoms with Crippen molar-refractivity contribution >= 4 is 33.7 Å². The lowest BCUT2D eigenvalue weighted by Gasteiger charge is -2.17. The van der Waals surface area contributed by atoms with Crippen molar-refractivity contribution in [3.8, 4) is 21.0 Å². The number of anilines is 1. The fourth-order valence-corrected chi connectivity index (χ4v) is 5.48. The molecule has 0 aliphatic heterocycles. The lowest BCUT2D eigenvalue weighted by molar-refractivity contribution is -0.116. The van der Waals surface area contributed by atoms with Crippen LogP contribution in [0.3, 0.4) is 0 Å². The summed E-state index contributed by atoms with van der Waals surface area (Å²) in [5.74, 6) is -0.500. The highest BCUT2D eigenvalue weighted by Gasteiger charge is 2.25. The van der Waals surface area contributed by atoms with Crippen molar-refractivity contribution in [3.05, 3.63) is 120 Å². The maximum absolute atomic E-state index is 13.5. The first-order valence-corrected chi connectivity index (χ1v) is 12.0. The number of aromatic nitrogens is 1. The molecular weight excluding hydrogens is 432 g/mol. The summed E-state index contributed by atoms with van der Waals surface area (Å²) in [5, 5.41) is 5.75. The zero-order valence-corrected chi connectivity index (χ0v) is 18.8. The molecule has 0 atom stereocenters. The van der Waals surface area contributed by atoms with Gasteiger partial charge in [-0.05, 0) is 28.1 Å². The van der Waals surface area contributed by atoms with Crippen LogP contribution in [-0.2, 0) is 4.79 Å². The minimum absolute atomic E-state index is 0.0894. The number of benzene rings is 3. The Balaban J connectivity index is 1.52. The molecule has 0 saturated carbocycles. The molecule has 0 fully saturated rings. The van der Waals surface area contributed by atoms with E-state index in [4.69, 9.17) is 4.98 Å². The van der Waals surface area contributed by atoms with Crippen molar-refractivity contribution in [2.75, 3.05) is 5.32 Å². The molecule has 0 saturated heterocycles. The topological polar surface area (TPSA) is 42.0 Å². The number of thiazole rings is 1. The highest BCUT2D eigenvalue weighted by atomic mass is 32.1. The molecular formula is C27H20N2OS2. The number of amides is 1. The highest BCUT2D eigenvalue weighted by Crippen LogP contribution is 2.41. The van der Waals surface area contributed by atoms with Crippen LogP contribution in [0.2, 0.25) is 0 Å². The minimum Gasteiger partial charge on any atom is -0.301 e. The Morgan fingerprint density at radius 1 is 0.750 bits per heavy atom. The Kier molecular flexibility index (Phi) is 5.92. The lowest BCUT2D eigenvalue weighted by atomic mass is 9.90. The normalized spacial score (nSPS) is 10.9. The molecule has 5 rings (SSSR count). The lowest BCUT2D eigenvalue weighted by Crippen LogP contribution is -2.22. The van der Waals surface area contributed by atoms with Gasteiger partial charge in [0, 0.05) is 0 Å². The molecule has 0 aliphatic rings. The van der Waals surface area contributed by atoms with Crippen LogP contribution >= 0.6 is 22.7 Å². The van der Waals surface area contributed by atoms with Crippen molar-refractivity contribution < 1.29 is 4.79 Å². The van der Waals surface area contributed by atoms with Gasteiger partial charge < -0.3 is 5.32 Å². The molecule has 1 amide bonds. The molecule has 0 spiro atoms. The summed E-state index contributed by atoms with van der Waals surface area (Å²) in [7, 11) is 0. The van der Waals surface area contributed by atoms with Gasteiger partial charge in [0.2, 0.25) is 5.91 Å². The van der Waals surface area contributed by atoms with Gasteiger partial charge in [0.05, 0.1) is 15.7 Å². The second-order valence-corrected chi connectivity index (χ2v) is 9.23. The van der Waals surface area contributed by atoms with Crippen LogP contribution in [0.4, 0.5) is 5.13 Å². The van der Waals surface area contributed by atoms with Crippen LogP contribution in [-0.4, -0.2) is 10.9 Å². The van der Waals surface area contributed by atoms with Gasteiger partial charge in [0.15, 0.2) is 5.13 Å². The van der Waals surface area contributed by atoms with Crippen molar-refractivity contribution in [2.45, 2.75) is 5.92 Å². The number of nitrogens with zero attached hydrogens (tertiary/aromatic N) is 1. The van der Waals surface area contributed by atoms with E-state index in [2.05, 4.69) is 23.5 Å². The number of carbonyl (C=O) groups is 1. The van der Waals surface area contributed by atoms with E-state index in [1.165, 1.54) is 11.3 Å². The number of rotatable bonds is 6. The third-order valence-corrected chi connectivity index (χ3v) is 7.07. The first-order valence-electron chi connectivity index (χ1n) is 10.3. The fraction of sp³-hybridized carbons (Fsp3) is 0.0370. The molecule has 0 aliphatic carbocycles. The van der Waals surface area contributed by atoms with E-state index in [0.717, 1.165) is 32.1 Å². The smallest absolute Gasteiger partial charge is 0.238 e. The predicted molar refractivity (Wildman–Crippen MR) is 134 cm³/mol. The number of nitrogens with one attached hydrogen (secondary N) is 1. The average Bonchev–Trinajstić information content (AvgIpc) is 3.51. The Bertz CT molecular complexity index is 1260. The molecule has 0 unspecified atom stereocenters. The van der Waals surface area contributed by atoms with E-state index in [1.807, 2.05) is 90.3 Å². The molecule has 2 heterocycles. The molecule has 0 bridgehead atoms. The zero-order chi connectivity index (χ0) is 21.8. The summed E-state index contributed by atoms with van der Waals surface area (Å²) in [6.45, 7) is 0. The fourth-order valence-electron chi connectivity index (χ4n) is 3.70. The standard InChI is InChI=1S/C27H20N2OS2/c30-26(23(19-11-4-1-5-12-19)20-13-6-2-7-14-20)29-27-28-24(22-17-10-18-31-22)25(32-27)21-15-8-3-9-16-21/h1-18,23H,(H,28,29,30). The first-order chi connectivity index (χ1) is 15.8. The van der Waals surface area contributed by atoms with E-state index in [0.29, 0.717) is 5.13 Å². The van der Waals surface area contributed by atoms with E-state index in [1.54, 1.807) is 11.3 Å². The van der Waals surface area contributed by atoms with Gasteiger partial charge in [-0.25, -0.2) is 4.98 Å². The quantitative estimate of drug-likeness (QED) is 0.293. The van der Waals surface area contributed by atoms with Crippen LogP contribution in [0.5, 0.6) is 0 Å². The SMILES string of the molecule is O=C(Nc1nc(-c2cccs2)c(-c2ccccc2)s1)C(c1ccccc1)c1ccccc1. The molecule has 32 heavy (non-hydrogen) atoms. The summed E-state index contributed by atoms with van der Waals surface area (Å²) in [5.41, 5.74) is 3.91. The number of hydrogen-bond acceptors (Lipinski definition) is 4. The molecule has 2 aromatic heterocycles. The minimum atomic E-state index is -0.410. The maximum Gasteiger partial charge on any atom is 0.238 e. The van der Waals surface area contributed by atoms with Gasteiger partial charge in [-0.3, -0.25) is 4.79 Å². The molecule has 3 nitrogen and oxygen atoms in total. The van der Waals surface area contributed by atoms with Gasteiger partial charge in [0.1, 0.15) is 5.69 Å². The van der Waals surface area contributed by atoms with Crippen molar-refractivity contribution in [3.63, 3.8) is 0 Å². The van der Waals surface area contributed by atoms with E-state index in [9.17, 15) is 4.79 Å². The monoisotopic (exact) mass is 452 g/mol. The Hall–Kier alpha value is -3.54. The van der Waals surface area contributed by atoms with Crippen LogP contribution in [0.1, 0.15) is 17.0 Å². The summed E-state index contributed by atoms with van der Waals surface area (Å²) in [4.78, 5) is 20.5. The average molecular weight is 453 g/mol. The first kappa shape index (κ1) is 20.4. The predicted octanol–water partition coefficient (Wildman–Crippen LogP) is 7.31. The van der Waals surface area contributed by atoms with Crippen LogP contribution in [0.25, 0.3) is 21.0 Å². The molecule has 156 valence electrons. The summed E-state index contributed by atoms with van der Waals surface area (Å²) in [6, 6.07) is 34.0. The van der Waals surface area contributed by atoms with Gasteiger partial charge in [-0.15, -0.1) is 11.3 Å². The van der Waals surface area contributed by atoms with Gasteiger partial charge in [0.25, 0.3) is 0 Å². The Labute approximate surface area is 195 Å². The summed E-state index contributed by atoms with van der Waals surface area (Å²) >= 11 is 3.16. The number of carbonyl (C=O) groups excluding carboxylic acids is 1. The van der Waals surface area contributed by atoms with Crippen LogP contribution in [0.15, 0.2) is 109 Å². The largest absolute Gasteiger partial charge is 0.301 e. The summed E-state index contributed by atoms with van der Waals surface area (Å²) < 4.78 is 0. The van der Waals surface area contributed by atoms with Gasteiger partial charge >= 0.3 is 0 Å². The van der Waals surface area contributed by atoms with Crippen LogP contribution in [0, 0.1) is 0 Å². The zero-order valence-electron chi connectivity index (χ0n) is 17.1. The van der Waals surface area contributed by atoms with Crippen molar-refractivity contribution in [2.24, 2.45) is 0 Å². The number of hydrogen-bond donors (Lipinski definition) is 1.